The first-order chi connectivity index (χ1) is 11.2. The Morgan fingerprint density at radius 1 is 1.13 bits per heavy atom. The zero-order valence-corrected chi connectivity index (χ0v) is 13.9. The number of halogens is 1. The van der Waals surface area contributed by atoms with Crippen LogP contribution in [0.25, 0.3) is 0 Å². The van der Waals surface area contributed by atoms with Gasteiger partial charge in [-0.15, -0.1) is 0 Å². The van der Waals surface area contributed by atoms with Crippen molar-refractivity contribution in [3.05, 3.63) is 59.1 Å². The van der Waals surface area contributed by atoms with Crippen molar-refractivity contribution in [3.8, 4) is 5.75 Å². The van der Waals surface area contributed by atoms with Gasteiger partial charge >= 0.3 is 0 Å². The first-order valence-corrected chi connectivity index (χ1v) is 7.95. The van der Waals surface area contributed by atoms with Crippen LogP contribution in [0.2, 0.25) is 5.02 Å². The molecule has 0 saturated carbocycles. The molecule has 0 bridgehead atoms. The third-order valence-corrected chi connectivity index (χ3v) is 3.63. The van der Waals surface area contributed by atoms with E-state index in [9.17, 15) is 4.79 Å². The van der Waals surface area contributed by atoms with Crippen LogP contribution in [0.3, 0.4) is 0 Å². The van der Waals surface area contributed by atoms with Crippen LogP contribution in [0.1, 0.15) is 12.0 Å². The first-order valence-electron chi connectivity index (χ1n) is 7.57. The minimum Gasteiger partial charge on any atom is -0.495 e. The monoisotopic (exact) mass is 332 g/mol. The standard InChI is InChI=1S/C18H21ClN2O2/c1-23-17-8-7-15(19)13-16(17)21-18(22)10-12-20-11-9-14-5-3-2-4-6-14/h2-8,13,20H,9-12H2,1H3,(H,21,22). The van der Waals surface area contributed by atoms with Crippen LogP contribution < -0.4 is 15.4 Å². The molecule has 23 heavy (non-hydrogen) atoms. The molecule has 2 N–H and O–H groups in total. The van der Waals surface area contributed by atoms with E-state index < -0.39 is 0 Å². The molecule has 2 rings (SSSR count). The molecule has 0 radical (unpaired) electrons. The van der Waals surface area contributed by atoms with Crippen molar-refractivity contribution in [3.63, 3.8) is 0 Å². The number of ether oxygens (including phenoxy) is 1. The molecule has 0 atom stereocenters. The number of methoxy groups -OCH3 is 1. The molecule has 0 spiro atoms. The second-order valence-electron chi connectivity index (χ2n) is 5.13. The van der Waals surface area contributed by atoms with E-state index in [-0.39, 0.29) is 5.91 Å². The molecule has 0 aliphatic rings. The average molecular weight is 333 g/mol. The lowest BCUT2D eigenvalue weighted by Crippen LogP contribution is -2.23. The summed E-state index contributed by atoms with van der Waals surface area (Å²) in [6.45, 7) is 1.47. The van der Waals surface area contributed by atoms with E-state index >= 15 is 0 Å². The van der Waals surface area contributed by atoms with Crippen LogP contribution in [0, 0.1) is 0 Å². The minimum absolute atomic E-state index is 0.0715. The largest absolute Gasteiger partial charge is 0.495 e. The summed E-state index contributed by atoms with van der Waals surface area (Å²) in [5, 5.41) is 6.65. The number of hydrogen-bond acceptors (Lipinski definition) is 3. The quantitative estimate of drug-likeness (QED) is 0.727. The maximum absolute atomic E-state index is 12.0. The summed E-state index contributed by atoms with van der Waals surface area (Å²) in [5.41, 5.74) is 1.88. The molecule has 5 heteroatoms. The van der Waals surface area contributed by atoms with E-state index in [1.807, 2.05) is 18.2 Å². The fourth-order valence-electron chi connectivity index (χ4n) is 2.19. The van der Waals surface area contributed by atoms with Gasteiger partial charge in [-0.3, -0.25) is 4.79 Å². The Hall–Kier alpha value is -2.04. The predicted molar refractivity (Wildman–Crippen MR) is 94.3 cm³/mol. The zero-order chi connectivity index (χ0) is 16.5. The van der Waals surface area contributed by atoms with Crippen molar-refractivity contribution in [2.45, 2.75) is 12.8 Å². The average Bonchev–Trinajstić information content (AvgIpc) is 2.56. The molecule has 0 fully saturated rings. The SMILES string of the molecule is COc1ccc(Cl)cc1NC(=O)CCNCCc1ccccc1. The topological polar surface area (TPSA) is 50.4 Å². The molecule has 0 aliphatic heterocycles. The molecule has 2 aromatic carbocycles. The Labute approximate surface area is 141 Å². The van der Waals surface area contributed by atoms with Gasteiger partial charge in [-0.05, 0) is 36.7 Å². The molecular weight excluding hydrogens is 312 g/mol. The summed E-state index contributed by atoms with van der Waals surface area (Å²) in [6.07, 6.45) is 1.34. The van der Waals surface area contributed by atoms with Crippen molar-refractivity contribution in [1.82, 2.24) is 5.32 Å². The van der Waals surface area contributed by atoms with Crippen molar-refractivity contribution in [2.24, 2.45) is 0 Å². The van der Waals surface area contributed by atoms with Crippen LogP contribution in [0.15, 0.2) is 48.5 Å². The van der Waals surface area contributed by atoms with Crippen LogP contribution >= 0.6 is 11.6 Å². The van der Waals surface area contributed by atoms with E-state index in [1.165, 1.54) is 5.56 Å². The predicted octanol–water partition coefficient (Wildman–Crippen LogP) is 3.51. The van der Waals surface area contributed by atoms with Gasteiger partial charge in [-0.2, -0.15) is 0 Å². The summed E-state index contributed by atoms with van der Waals surface area (Å²) in [6, 6.07) is 15.4. The molecule has 1 amide bonds. The van der Waals surface area contributed by atoms with Gasteiger partial charge in [0.05, 0.1) is 12.8 Å². The highest BCUT2D eigenvalue weighted by Crippen LogP contribution is 2.27. The number of carbonyl (C=O) groups excluding carboxylic acids is 1. The van der Waals surface area contributed by atoms with Gasteiger partial charge in [0.25, 0.3) is 0 Å². The molecule has 4 nitrogen and oxygen atoms in total. The van der Waals surface area contributed by atoms with Gasteiger partial charge < -0.3 is 15.4 Å². The Morgan fingerprint density at radius 2 is 1.91 bits per heavy atom. The van der Waals surface area contributed by atoms with Crippen LogP contribution in [-0.2, 0) is 11.2 Å². The van der Waals surface area contributed by atoms with E-state index in [4.69, 9.17) is 16.3 Å². The van der Waals surface area contributed by atoms with Crippen molar-refractivity contribution < 1.29 is 9.53 Å². The van der Waals surface area contributed by atoms with Gasteiger partial charge in [0.1, 0.15) is 5.75 Å². The fourth-order valence-corrected chi connectivity index (χ4v) is 2.37. The number of rotatable bonds is 8. The molecule has 0 saturated heterocycles. The lowest BCUT2D eigenvalue weighted by molar-refractivity contribution is -0.116. The van der Waals surface area contributed by atoms with E-state index in [1.54, 1.807) is 25.3 Å². The Bertz CT molecular complexity index is 632. The Morgan fingerprint density at radius 3 is 2.65 bits per heavy atom. The third kappa shape index (κ3) is 5.93. The number of carbonyl (C=O) groups is 1. The molecule has 0 aliphatic carbocycles. The Kier molecular flexibility index (Phi) is 6.91. The number of hydrogen-bond donors (Lipinski definition) is 2. The third-order valence-electron chi connectivity index (χ3n) is 3.40. The fraction of sp³-hybridized carbons (Fsp3) is 0.278. The number of anilines is 1. The molecule has 2 aromatic rings. The van der Waals surface area contributed by atoms with Crippen LogP contribution in [-0.4, -0.2) is 26.1 Å². The van der Waals surface area contributed by atoms with E-state index in [0.717, 1.165) is 13.0 Å². The second-order valence-corrected chi connectivity index (χ2v) is 5.56. The highest BCUT2D eigenvalue weighted by Gasteiger charge is 2.08. The zero-order valence-electron chi connectivity index (χ0n) is 13.1. The summed E-state index contributed by atoms with van der Waals surface area (Å²) < 4.78 is 5.20. The van der Waals surface area contributed by atoms with Gasteiger partial charge in [0, 0.05) is 18.0 Å². The van der Waals surface area contributed by atoms with E-state index in [0.29, 0.717) is 29.4 Å². The number of nitrogens with one attached hydrogen (secondary N) is 2. The highest BCUT2D eigenvalue weighted by molar-refractivity contribution is 6.31. The summed E-state index contributed by atoms with van der Waals surface area (Å²) in [5.74, 6) is 0.526. The second kappa shape index (κ2) is 9.18. The highest BCUT2D eigenvalue weighted by atomic mass is 35.5. The molecule has 122 valence electrons. The number of benzene rings is 2. The normalized spacial score (nSPS) is 10.3. The van der Waals surface area contributed by atoms with Gasteiger partial charge in [0.15, 0.2) is 0 Å². The number of amides is 1. The van der Waals surface area contributed by atoms with Crippen molar-refractivity contribution >= 4 is 23.2 Å². The maximum atomic E-state index is 12.0. The lowest BCUT2D eigenvalue weighted by atomic mass is 10.1. The maximum Gasteiger partial charge on any atom is 0.225 e. The molecule has 0 heterocycles. The summed E-state index contributed by atoms with van der Waals surface area (Å²) in [7, 11) is 1.56. The molecular formula is C18H21ClN2O2. The van der Waals surface area contributed by atoms with Crippen molar-refractivity contribution in [2.75, 3.05) is 25.5 Å². The van der Waals surface area contributed by atoms with Crippen LogP contribution in [0.4, 0.5) is 5.69 Å². The smallest absolute Gasteiger partial charge is 0.225 e. The molecule has 0 unspecified atom stereocenters. The first kappa shape index (κ1) is 17.3. The van der Waals surface area contributed by atoms with Gasteiger partial charge in [-0.25, -0.2) is 0 Å². The minimum atomic E-state index is -0.0715. The molecule has 0 aromatic heterocycles. The van der Waals surface area contributed by atoms with Crippen LogP contribution in [0.5, 0.6) is 5.75 Å². The van der Waals surface area contributed by atoms with E-state index in [2.05, 4.69) is 22.8 Å². The summed E-state index contributed by atoms with van der Waals surface area (Å²) >= 11 is 5.94. The Balaban J connectivity index is 1.70. The summed E-state index contributed by atoms with van der Waals surface area (Å²) in [4.78, 5) is 12.0. The van der Waals surface area contributed by atoms with Gasteiger partial charge in [-0.1, -0.05) is 41.9 Å². The van der Waals surface area contributed by atoms with Gasteiger partial charge in [0.2, 0.25) is 5.91 Å². The lowest BCUT2D eigenvalue weighted by Gasteiger charge is -2.11. The van der Waals surface area contributed by atoms with Crippen molar-refractivity contribution in [1.29, 1.82) is 0 Å².